The molecule has 558 valence electrons. The summed E-state index contributed by atoms with van der Waals surface area (Å²) in [6.45, 7) is 32.4. The molecule has 6 aliphatic rings. The van der Waals surface area contributed by atoms with Crippen LogP contribution in [-0.2, 0) is 57.0 Å². The monoisotopic (exact) mass is 1420 g/mol. The molecule has 2 N–H and O–H groups in total. The van der Waals surface area contributed by atoms with E-state index in [1.54, 1.807) is 165 Å². The highest BCUT2D eigenvalue weighted by atomic mass is 19.1. The van der Waals surface area contributed by atoms with Crippen LogP contribution in [-0.4, -0.2) is 151 Å². The second kappa shape index (κ2) is 33.4. The van der Waals surface area contributed by atoms with E-state index in [0.717, 1.165) is 0 Å². The number of aryl methyl sites for hydroxylation is 3. The fraction of sp³-hybridized carbons (Fsp3) is 0.544. The summed E-state index contributed by atoms with van der Waals surface area (Å²) in [6.07, 6.45) is 7.24. The molecule has 3 aromatic carbocycles. The Morgan fingerprint density at radius 1 is 0.422 bits per heavy atom. The smallest absolute Gasteiger partial charge is 0.339 e. The lowest BCUT2D eigenvalue weighted by Crippen LogP contribution is -2.36. The predicted octanol–water partition coefficient (Wildman–Crippen LogP) is 14.2. The maximum absolute atomic E-state index is 15.2. The summed E-state index contributed by atoms with van der Waals surface area (Å²) in [6, 6.07) is 10.6. The van der Waals surface area contributed by atoms with Crippen molar-refractivity contribution in [1.29, 1.82) is 0 Å². The molecule has 3 saturated heterocycles. The van der Waals surface area contributed by atoms with Gasteiger partial charge in [-0.2, -0.15) is 0 Å². The normalized spacial score (nSPS) is 30.9. The molecular formula is C79H104F3N3O17. The van der Waals surface area contributed by atoms with Gasteiger partial charge in [0.1, 0.15) is 60.2 Å². The Labute approximate surface area is 598 Å². The number of nitrogens with zero attached hydrogens (tertiary/aromatic N) is 3. The van der Waals surface area contributed by atoms with Crippen LogP contribution in [0.2, 0.25) is 0 Å². The number of benzene rings is 3. The van der Waals surface area contributed by atoms with E-state index in [1.807, 2.05) is 39.8 Å². The van der Waals surface area contributed by atoms with Crippen LogP contribution in [0, 0.1) is 44.4 Å². The number of hydrogen-bond acceptors (Lipinski definition) is 17. The van der Waals surface area contributed by atoms with Crippen LogP contribution in [0.25, 0.3) is 18.2 Å². The Balaban J connectivity index is 0.000000214. The summed E-state index contributed by atoms with van der Waals surface area (Å²) in [5, 5.41) is 21.3. The van der Waals surface area contributed by atoms with Gasteiger partial charge in [-0.05, 0) is 190 Å². The number of carbonyl (C=O) groups excluding carboxylic acids is 6. The number of hydrogen-bond donors (Lipinski definition) is 2. The molecule has 0 radical (unpaired) electrons. The quantitative estimate of drug-likeness (QED) is 0.183. The molecule has 102 heavy (non-hydrogen) atoms. The summed E-state index contributed by atoms with van der Waals surface area (Å²) in [4.78, 5) is 79.8. The van der Waals surface area contributed by atoms with E-state index >= 15 is 4.39 Å². The minimum atomic E-state index is -1.51. The fourth-order valence-electron chi connectivity index (χ4n) is 12.8. The van der Waals surface area contributed by atoms with Gasteiger partial charge < -0.3 is 67.5 Å². The topological polar surface area (TPSA) is 236 Å². The molecule has 0 aliphatic carbocycles. The first kappa shape index (κ1) is 81.7. The zero-order valence-corrected chi connectivity index (χ0v) is 62.9. The standard InChI is InChI=1S/C27H36FNO5.2C26H34FNO6/c1-15-13-22(28)17(3)25-23(33-27(6,7)34-25)11-9-10-20-14-21(29(8)19(5)30)12-16(2)24(20)26(31)32-18(15)4;2*1-14-12-20(27)23(30)24-21(33-26(5,6)34-24)10-8-9-18-13-19(28(7)17(4)29)11-15(2)22(18)25(31)32-16(14)3/h9-10,12-15,17-18,23,25H,11H2,1-8H3;2*8-9,11-14,16,21,23-24,30H,10H2,1-7H3/b10-9?,22-13+;2*9-8?,20-12+/t15-,17?,18+,23?,25?;14-,16+,21+,23?,24+;14-,16+,21-,23?,24-/m111/s1. The molecule has 0 aromatic heterocycles. The number of anilines is 3. The molecule has 0 bridgehead atoms. The summed E-state index contributed by atoms with van der Waals surface area (Å²) in [7, 11) is 5.02. The first-order valence-electron chi connectivity index (χ1n) is 34.8. The highest BCUT2D eigenvalue weighted by Crippen LogP contribution is 2.41. The van der Waals surface area contributed by atoms with Crippen LogP contribution in [0.4, 0.5) is 30.2 Å². The Morgan fingerprint density at radius 3 is 0.951 bits per heavy atom. The van der Waals surface area contributed by atoms with Crippen molar-refractivity contribution in [2.75, 3.05) is 35.8 Å². The van der Waals surface area contributed by atoms with Crippen LogP contribution < -0.4 is 14.7 Å². The zero-order valence-electron chi connectivity index (χ0n) is 62.9. The van der Waals surface area contributed by atoms with Gasteiger partial charge in [0.25, 0.3) is 0 Å². The van der Waals surface area contributed by atoms with Crippen molar-refractivity contribution in [2.24, 2.45) is 23.7 Å². The number of amides is 3. The van der Waals surface area contributed by atoms with E-state index in [9.17, 15) is 47.8 Å². The molecule has 0 spiro atoms. The maximum Gasteiger partial charge on any atom is 0.339 e. The van der Waals surface area contributed by atoms with E-state index in [2.05, 4.69) is 0 Å². The van der Waals surface area contributed by atoms with E-state index in [0.29, 0.717) is 86.4 Å². The lowest BCUT2D eigenvalue weighted by Gasteiger charge is -2.25. The molecule has 6 heterocycles. The highest BCUT2D eigenvalue weighted by Gasteiger charge is 2.48. The number of esters is 3. The third kappa shape index (κ3) is 20.0. The summed E-state index contributed by atoms with van der Waals surface area (Å²) >= 11 is 0. The van der Waals surface area contributed by atoms with E-state index < -0.39 is 126 Å². The van der Waals surface area contributed by atoms with Gasteiger partial charge in [-0.1, -0.05) is 64.2 Å². The van der Waals surface area contributed by atoms with Crippen LogP contribution in [0.3, 0.4) is 0 Å². The van der Waals surface area contributed by atoms with E-state index in [1.165, 1.54) is 53.7 Å². The minimum Gasteiger partial charge on any atom is -0.458 e. The van der Waals surface area contributed by atoms with Gasteiger partial charge in [0, 0.05) is 82.6 Å². The van der Waals surface area contributed by atoms with Crippen molar-refractivity contribution in [2.45, 2.75) is 235 Å². The van der Waals surface area contributed by atoms with Crippen LogP contribution in [0.15, 0.2) is 90.3 Å². The molecule has 0 saturated carbocycles. The Morgan fingerprint density at radius 2 is 0.676 bits per heavy atom. The molecule has 9 rings (SSSR count). The van der Waals surface area contributed by atoms with Gasteiger partial charge >= 0.3 is 17.9 Å². The van der Waals surface area contributed by atoms with Gasteiger partial charge in [-0.25, -0.2) is 27.6 Å². The van der Waals surface area contributed by atoms with Gasteiger partial charge in [0.15, 0.2) is 17.4 Å². The third-order valence-electron chi connectivity index (χ3n) is 19.4. The van der Waals surface area contributed by atoms with Crippen molar-refractivity contribution in [3.05, 3.63) is 140 Å². The summed E-state index contributed by atoms with van der Waals surface area (Å²) < 4.78 is 97.8. The molecule has 3 fully saturated rings. The SMILES string of the molecule is CC(=O)N(C)c1cc(C)c2c(c1)C=CCC1OC(C)(C)OC1C(C)/C(F)=C\[C@@H](C)[C@H](C)OC2=O.CC(=O)N(C)c1cc(C)c2c(c1)C=CC[C@@H]1OC(C)(C)O[C@@H]1C(O)/C(F)=C\[C@@H](C)[C@H](C)OC2=O.CC(=O)N(C)c1cc(C)c2c(c1)C=CC[C@H]1OC(C)(C)O[C@H]1C(O)/C(F)=C\[C@@H](C)[C@H](C)OC2=O. The molecule has 3 amide bonds. The fourth-order valence-corrected chi connectivity index (χ4v) is 12.8. The first-order chi connectivity index (χ1) is 47.4. The highest BCUT2D eigenvalue weighted by molar-refractivity contribution is 6.00. The molecule has 20 nitrogen and oxygen atoms in total. The predicted molar refractivity (Wildman–Crippen MR) is 384 cm³/mol. The first-order valence-corrected chi connectivity index (χ1v) is 34.8. The number of ether oxygens (including phenoxy) is 9. The van der Waals surface area contributed by atoms with Crippen LogP contribution >= 0.6 is 0 Å². The summed E-state index contributed by atoms with van der Waals surface area (Å²) in [5.74, 6) is -8.41. The second-order valence-electron chi connectivity index (χ2n) is 29.0. The van der Waals surface area contributed by atoms with Gasteiger partial charge in [0.05, 0.1) is 41.1 Å². The largest absolute Gasteiger partial charge is 0.458 e. The number of aliphatic hydroxyl groups is 2. The third-order valence-corrected chi connectivity index (χ3v) is 19.4. The molecule has 3 aromatic rings. The van der Waals surface area contributed by atoms with Gasteiger partial charge in [0.2, 0.25) is 17.7 Å². The van der Waals surface area contributed by atoms with Crippen molar-refractivity contribution in [3.8, 4) is 0 Å². The second-order valence-corrected chi connectivity index (χ2v) is 29.0. The number of fused-ring (bicyclic) bond motifs is 6. The van der Waals surface area contributed by atoms with E-state index in [-0.39, 0.29) is 35.6 Å². The minimum absolute atomic E-state index is 0.112. The Hall–Kier alpha value is -7.61. The van der Waals surface area contributed by atoms with Gasteiger partial charge in [-0.15, -0.1) is 0 Å². The molecule has 23 heteroatoms. The number of carbonyl (C=O) groups is 6. The van der Waals surface area contributed by atoms with Crippen LogP contribution in [0.1, 0.15) is 194 Å². The number of rotatable bonds is 3. The zero-order chi connectivity index (χ0) is 76.1. The maximum atomic E-state index is 15.2. The Bertz CT molecular complexity index is 3430. The van der Waals surface area contributed by atoms with Crippen molar-refractivity contribution >= 4 is 70.9 Å². The van der Waals surface area contributed by atoms with Crippen molar-refractivity contribution in [1.82, 2.24) is 0 Å². The van der Waals surface area contributed by atoms with Crippen molar-refractivity contribution in [3.63, 3.8) is 0 Å². The van der Waals surface area contributed by atoms with Crippen LogP contribution in [0.5, 0.6) is 0 Å². The number of cyclic esters (lactones) is 3. The van der Waals surface area contributed by atoms with E-state index in [4.69, 9.17) is 42.6 Å². The summed E-state index contributed by atoms with van der Waals surface area (Å²) in [5.41, 5.74) is 6.95. The lowest BCUT2D eigenvalue weighted by molar-refractivity contribution is -0.154. The number of aliphatic hydroxyl groups excluding tert-OH is 2. The average Bonchev–Trinajstić information content (AvgIpc) is 1.23. The lowest BCUT2D eigenvalue weighted by atomic mass is 9.93. The molecule has 15 atom stereocenters. The molecule has 5 unspecified atom stereocenters. The Kier molecular flexibility index (Phi) is 26.8. The van der Waals surface area contributed by atoms with Crippen molar-refractivity contribution < 1.29 is 94.8 Å². The number of halogens is 3. The van der Waals surface area contributed by atoms with Gasteiger partial charge in [-0.3, -0.25) is 14.4 Å². The molecular weight excluding hydrogens is 1320 g/mol. The molecule has 6 aliphatic heterocycles. The average molecular weight is 1420 g/mol.